The van der Waals surface area contributed by atoms with Gasteiger partial charge in [0.05, 0.1) is 6.61 Å². The zero-order chi connectivity index (χ0) is 24.5. The lowest BCUT2D eigenvalue weighted by atomic mass is 9.88. The number of ether oxygens (including phenoxy) is 2. The van der Waals surface area contributed by atoms with Gasteiger partial charge in [-0.2, -0.15) is 0 Å². The van der Waals surface area contributed by atoms with Crippen LogP contribution in [0.4, 0.5) is 0 Å². The Hall–Kier alpha value is -2.53. The molecule has 1 amide bonds. The molecule has 9 nitrogen and oxygen atoms in total. The van der Waals surface area contributed by atoms with E-state index in [0.717, 1.165) is 29.8 Å². The monoisotopic (exact) mass is 472 g/mol. The molecule has 34 heavy (non-hydrogen) atoms. The van der Waals surface area contributed by atoms with Crippen molar-refractivity contribution in [3.8, 4) is 16.9 Å². The molecule has 2 aromatic carbocycles. The zero-order valence-electron chi connectivity index (χ0n) is 19.3. The molecule has 0 aromatic heterocycles. The number of aliphatic hydroxyl groups is 4. The third-order valence-corrected chi connectivity index (χ3v) is 6.51. The Morgan fingerprint density at radius 3 is 2.56 bits per heavy atom. The Labute approximate surface area is 198 Å². The van der Waals surface area contributed by atoms with Crippen LogP contribution in [-0.4, -0.2) is 94.2 Å². The molecule has 9 heteroatoms. The van der Waals surface area contributed by atoms with Gasteiger partial charge in [0.15, 0.2) is 5.60 Å². The van der Waals surface area contributed by atoms with Crippen LogP contribution in [0.2, 0.25) is 0 Å². The van der Waals surface area contributed by atoms with E-state index in [-0.39, 0.29) is 5.91 Å². The Balaban J connectivity index is 1.53. The third-order valence-electron chi connectivity index (χ3n) is 6.51. The van der Waals surface area contributed by atoms with Crippen molar-refractivity contribution in [1.82, 2.24) is 10.2 Å². The molecule has 5 N–H and O–H groups in total. The highest BCUT2D eigenvalue weighted by molar-refractivity contribution is 5.95. The van der Waals surface area contributed by atoms with Gasteiger partial charge in [0.2, 0.25) is 6.29 Å². The van der Waals surface area contributed by atoms with Gasteiger partial charge in [0.1, 0.15) is 24.1 Å². The second-order valence-electron chi connectivity index (χ2n) is 9.07. The molecule has 0 radical (unpaired) electrons. The van der Waals surface area contributed by atoms with Gasteiger partial charge in [-0.3, -0.25) is 4.79 Å². The number of nitrogens with one attached hydrogen (secondary N) is 1. The minimum Gasteiger partial charge on any atom is -0.461 e. The van der Waals surface area contributed by atoms with Gasteiger partial charge in [-0.15, -0.1) is 0 Å². The summed E-state index contributed by atoms with van der Waals surface area (Å²) in [4.78, 5) is 14.7. The van der Waals surface area contributed by atoms with Crippen molar-refractivity contribution < 1.29 is 34.7 Å². The lowest BCUT2D eigenvalue weighted by molar-refractivity contribution is -0.314. The maximum absolute atomic E-state index is 12.9. The van der Waals surface area contributed by atoms with E-state index in [9.17, 15) is 25.2 Å². The van der Waals surface area contributed by atoms with Crippen LogP contribution in [-0.2, 0) is 4.74 Å². The van der Waals surface area contributed by atoms with Crippen LogP contribution in [0.15, 0.2) is 42.5 Å². The summed E-state index contributed by atoms with van der Waals surface area (Å²) >= 11 is 0. The van der Waals surface area contributed by atoms with E-state index in [4.69, 9.17) is 9.47 Å². The number of nitrogens with zero attached hydrogens (tertiary/aromatic N) is 1. The number of piperazine rings is 1. The van der Waals surface area contributed by atoms with Gasteiger partial charge in [0.25, 0.3) is 5.91 Å². The lowest BCUT2D eigenvalue weighted by Gasteiger charge is -2.45. The second-order valence-corrected chi connectivity index (χ2v) is 9.07. The highest BCUT2D eigenvalue weighted by Gasteiger charge is 2.53. The summed E-state index contributed by atoms with van der Waals surface area (Å²) in [6.07, 6.45) is -5.39. The summed E-state index contributed by atoms with van der Waals surface area (Å²) in [5.74, 6) is 0.429. The smallest absolute Gasteiger partial charge is 0.253 e. The Morgan fingerprint density at radius 2 is 1.88 bits per heavy atom. The number of rotatable bonds is 5. The predicted molar refractivity (Wildman–Crippen MR) is 124 cm³/mol. The molecule has 2 saturated heterocycles. The minimum absolute atomic E-state index is 0.0101. The van der Waals surface area contributed by atoms with Crippen LogP contribution in [0.5, 0.6) is 5.75 Å². The molecule has 2 aromatic rings. The van der Waals surface area contributed by atoms with E-state index in [1.807, 2.05) is 48.2 Å². The second kappa shape index (κ2) is 9.99. The molecular weight excluding hydrogens is 440 g/mol. The van der Waals surface area contributed by atoms with E-state index >= 15 is 0 Å². The molecule has 2 aliphatic heterocycles. The molecule has 4 rings (SSSR count). The van der Waals surface area contributed by atoms with Gasteiger partial charge in [-0.25, -0.2) is 0 Å². The summed E-state index contributed by atoms with van der Waals surface area (Å²) in [5.41, 5.74) is 1.26. The zero-order valence-corrected chi connectivity index (χ0v) is 19.3. The van der Waals surface area contributed by atoms with Crippen LogP contribution in [0, 0.1) is 6.92 Å². The summed E-state index contributed by atoms with van der Waals surface area (Å²) < 4.78 is 11.4. The number of carbonyl (C=O) groups excluding carboxylic acids is 1. The fraction of sp³-hybridized carbons (Fsp3) is 0.480. The number of aryl methyl sites for hydroxylation is 1. The predicted octanol–water partition coefficient (Wildman–Crippen LogP) is 0.276. The standard InChI is InChI=1S/C25H32N2O7/c1-15-12-17(16-4-3-5-18(13-16)23(31)27-10-8-26-9-11-27)6-7-19(15)33-24-25(2,32)22(30)21(29)20(14-28)34-24/h3-7,12-13,20-22,24,26,28-30,32H,8-11,14H2,1-2H3/t20-,21-,22+,24+,25+/m1/s1. The van der Waals surface area contributed by atoms with Gasteiger partial charge < -0.3 is 40.1 Å². The summed E-state index contributed by atoms with van der Waals surface area (Å²) in [7, 11) is 0. The minimum atomic E-state index is -1.89. The van der Waals surface area contributed by atoms with Crippen LogP contribution < -0.4 is 10.1 Å². The molecule has 5 atom stereocenters. The third kappa shape index (κ3) is 4.81. The van der Waals surface area contributed by atoms with Crippen molar-refractivity contribution in [3.63, 3.8) is 0 Å². The van der Waals surface area contributed by atoms with E-state index in [2.05, 4.69) is 5.32 Å². The van der Waals surface area contributed by atoms with Crippen LogP contribution >= 0.6 is 0 Å². The van der Waals surface area contributed by atoms with Gasteiger partial charge in [0, 0.05) is 31.7 Å². The number of hydrogen-bond acceptors (Lipinski definition) is 8. The molecule has 0 aliphatic carbocycles. The fourth-order valence-corrected chi connectivity index (χ4v) is 4.32. The largest absolute Gasteiger partial charge is 0.461 e. The molecule has 0 unspecified atom stereocenters. The van der Waals surface area contributed by atoms with Crippen molar-refractivity contribution in [3.05, 3.63) is 53.6 Å². The maximum atomic E-state index is 12.9. The van der Waals surface area contributed by atoms with Crippen molar-refractivity contribution in [1.29, 1.82) is 0 Å². The van der Waals surface area contributed by atoms with Crippen molar-refractivity contribution in [2.45, 2.75) is 44.1 Å². The fourth-order valence-electron chi connectivity index (χ4n) is 4.32. The highest BCUT2D eigenvalue weighted by Crippen LogP contribution is 2.34. The average Bonchev–Trinajstić information content (AvgIpc) is 2.85. The average molecular weight is 473 g/mol. The number of amides is 1. The quantitative estimate of drug-likeness (QED) is 0.419. The molecule has 2 aliphatic rings. The number of benzene rings is 2. The van der Waals surface area contributed by atoms with E-state index in [0.29, 0.717) is 24.4 Å². The Morgan fingerprint density at radius 1 is 1.18 bits per heavy atom. The van der Waals surface area contributed by atoms with Crippen LogP contribution in [0.3, 0.4) is 0 Å². The first-order valence-corrected chi connectivity index (χ1v) is 11.4. The molecule has 2 fully saturated rings. The SMILES string of the molecule is Cc1cc(-c2cccc(C(=O)N3CCNCC3)c2)ccc1O[C@H]1O[C@H](CO)[C@@H](O)[C@H](O)[C@]1(C)O. The molecule has 2 heterocycles. The highest BCUT2D eigenvalue weighted by atomic mass is 16.7. The maximum Gasteiger partial charge on any atom is 0.253 e. The van der Waals surface area contributed by atoms with Crippen LogP contribution in [0.25, 0.3) is 11.1 Å². The van der Waals surface area contributed by atoms with Gasteiger partial charge >= 0.3 is 0 Å². The van der Waals surface area contributed by atoms with Crippen molar-refractivity contribution >= 4 is 5.91 Å². The van der Waals surface area contributed by atoms with Gasteiger partial charge in [-0.1, -0.05) is 18.2 Å². The normalized spacial score (nSPS) is 29.6. The van der Waals surface area contributed by atoms with E-state index < -0.39 is 36.8 Å². The summed E-state index contributed by atoms with van der Waals surface area (Å²) in [5, 5.41) is 43.7. The first-order chi connectivity index (χ1) is 16.2. The van der Waals surface area contributed by atoms with Crippen LogP contribution in [0.1, 0.15) is 22.8 Å². The molecule has 184 valence electrons. The molecular formula is C25H32N2O7. The molecule has 0 saturated carbocycles. The topological polar surface area (TPSA) is 132 Å². The summed E-state index contributed by atoms with van der Waals surface area (Å²) in [6.45, 7) is 5.56. The number of carbonyl (C=O) groups is 1. The van der Waals surface area contributed by atoms with Gasteiger partial charge in [-0.05, 0) is 54.8 Å². The molecule has 0 bridgehead atoms. The van der Waals surface area contributed by atoms with E-state index in [1.165, 1.54) is 6.92 Å². The van der Waals surface area contributed by atoms with Crippen molar-refractivity contribution in [2.24, 2.45) is 0 Å². The first kappa shape index (κ1) is 24.6. The Bertz CT molecular complexity index is 1020. The lowest BCUT2D eigenvalue weighted by Crippen LogP contribution is -2.66. The summed E-state index contributed by atoms with van der Waals surface area (Å²) in [6, 6.07) is 12.9. The molecule has 0 spiro atoms. The number of hydrogen-bond donors (Lipinski definition) is 5. The number of aliphatic hydroxyl groups excluding tert-OH is 3. The Kier molecular flexibility index (Phi) is 7.22. The first-order valence-electron chi connectivity index (χ1n) is 11.4. The van der Waals surface area contributed by atoms with E-state index in [1.54, 1.807) is 6.07 Å². The van der Waals surface area contributed by atoms with Crippen molar-refractivity contribution in [2.75, 3.05) is 32.8 Å².